The molecule has 1 heterocycles. The largest absolute Gasteiger partial charge is 0.365 e. The van der Waals surface area contributed by atoms with Crippen LogP contribution in [-0.2, 0) is 6.54 Å². The number of benzene rings is 3. The van der Waals surface area contributed by atoms with Crippen molar-refractivity contribution in [1.82, 2.24) is 4.90 Å². The quantitative estimate of drug-likeness (QED) is 0.504. The van der Waals surface area contributed by atoms with Crippen LogP contribution in [0.5, 0.6) is 0 Å². The Hall–Kier alpha value is -2.84. The summed E-state index contributed by atoms with van der Waals surface area (Å²) in [4.78, 5) is 5.17. The lowest BCUT2D eigenvalue weighted by Crippen LogP contribution is -2.45. The molecule has 0 N–H and O–H groups in total. The second-order valence-corrected chi connectivity index (χ2v) is 7.79. The average molecular weight is 383 g/mol. The van der Waals surface area contributed by atoms with E-state index < -0.39 is 0 Å². The standard InChI is InChI=1S/C27H30N2/c1-4-11-24(12-5-1)15-10-20-29(26-16-8-3-9-17-26)27-18-21-28(22-19-27)23-25-13-6-2-7-14-25/h1-17,27H,18-23H2/b15-10+. The van der Waals surface area contributed by atoms with Crippen molar-refractivity contribution in [3.05, 3.63) is 108 Å². The molecule has 0 atom stereocenters. The Bertz CT molecular complexity index is 866. The van der Waals surface area contributed by atoms with Crippen LogP contribution in [0.3, 0.4) is 0 Å². The SMILES string of the molecule is C(=C\c1ccccc1)/CN(c1ccccc1)C1CCN(Cc2ccccc2)CC1. The average Bonchev–Trinajstić information content (AvgIpc) is 2.80. The molecular weight excluding hydrogens is 352 g/mol. The van der Waals surface area contributed by atoms with Gasteiger partial charge in [-0.05, 0) is 36.1 Å². The van der Waals surface area contributed by atoms with E-state index in [1.54, 1.807) is 0 Å². The van der Waals surface area contributed by atoms with E-state index in [1.807, 2.05) is 0 Å². The molecule has 29 heavy (non-hydrogen) atoms. The summed E-state index contributed by atoms with van der Waals surface area (Å²) in [6.07, 6.45) is 6.96. The molecule has 148 valence electrons. The summed E-state index contributed by atoms with van der Waals surface area (Å²) in [7, 11) is 0. The van der Waals surface area contributed by atoms with Gasteiger partial charge in [-0.3, -0.25) is 4.90 Å². The molecule has 0 bridgehead atoms. The minimum atomic E-state index is 0.588. The summed E-state index contributed by atoms with van der Waals surface area (Å²) in [5, 5.41) is 0. The van der Waals surface area contributed by atoms with Crippen LogP contribution < -0.4 is 4.90 Å². The molecule has 0 aliphatic carbocycles. The first kappa shape index (κ1) is 19.5. The fraction of sp³-hybridized carbons (Fsp3) is 0.259. The van der Waals surface area contributed by atoms with Gasteiger partial charge < -0.3 is 4.90 Å². The van der Waals surface area contributed by atoms with Gasteiger partial charge in [-0.15, -0.1) is 0 Å². The smallest absolute Gasteiger partial charge is 0.0371 e. The van der Waals surface area contributed by atoms with Crippen molar-refractivity contribution in [3.63, 3.8) is 0 Å². The van der Waals surface area contributed by atoms with Crippen molar-refractivity contribution < 1.29 is 0 Å². The molecule has 2 nitrogen and oxygen atoms in total. The minimum Gasteiger partial charge on any atom is -0.365 e. The van der Waals surface area contributed by atoms with Crippen LogP contribution in [0, 0.1) is 0 Å². The first-order valence-corrected chi connectivity index (χ1v) is 10.7. The van der Waals surface area contributed by atoms with Gasteiger partial charge in [0.25, 0.3) is 0 Å². The van der Waals surface area contributed by atoms with E-state index >= 15 is 0 Å². The zero-order valence-corrected chi connectivity index (χ0v) is 17.0. The predicted octanol–water partition coefficient (Wildman–Crippen LogP) is 5.87. The van der Waals surface area contributed by atoms with Crippen LogP contribution in [-0.4, -0.2) is 30.6 Å². The molecule has 0 aromatic heterocycles. The van der Waals surface area contributed by atoms with Gasteiger partial charge in [-0.1, -0.05) is 91.0 Å². The van der Waals surface area contributed by atoms with E-state index in [-0.39, 0.29) is 0 Å². The molecule has 1 aliphatic rings. The number of para-hydroxylation sites is 1. The van der Waals surface area contributed by atoms with E-state index in [9.17, 15) is 0 Å². The van der Waals surface area contributed by atoms with Crippen LogP contribution in [0.2, 0.25) is 0 Å². The topological polar surface area (TPSA) is 6.48 Å². The van der Waals surface area contributed by atoms with Gasteiger partial charge in [-0.2, -0.15) is 0 Å². The van der Waals surface area contributed by atoms with E-state index in [0.29, 0.717) is 6.04 Å². The molecule has 0 saturated carbocycles. The van der Waals surface area contributed by atoms with Crippen LogP contribution in [0.15, 0.2) is 97.1 Å². The monoisotopic (exact) mass is 382 g/mol. The van der Waals surface area contributed by atoms with Crippen molar-refractivity contribution >= 4 is 11.8 Å². The number of likely N-dealkylation sites (tertiary alicyclic amines) is 1. The highest BCUT2D eigenvalue weighted by Crippen LogP contribution is 2.24. The van der Waals surface area contributed by atoms with Crippen LogP contribution in [0.1, 0.15) is 24.0 Å². The maximum atomic E-state index is 2.59. The third kappa shape index (κ3) is 5.58. The Balaban J connectivity index is 1.40. The predicted molar refractivity (Wildman–Crippen MR) is 124 cm³/mol. The fourth-order valence-electron chi connectivity index (χ4n) is 4.18. The maximum Gasteiger partial charge on any atom is 0.0371 e. The third-order valence-corrected chi connectivity index (χ3v) is 5.75. The van der Waals surface area contributed by atoms with Gasteiger partial charge >= 0.3 is 0 Å². The summed E-state index contributed by atoms with van der Waals surface area (Å²) in [6.45, 7) is 4.33. The second-order valence-electron chi connectivity index (χ2n) is 7.79. The number of piperidine rings is 1. The second kappa shape index (κ2) is 10.1. The number of hydrogen-bond donors (Lipinski definition) is 0. The maximum absolute atomic E-state index is 2.59. The lowest BCUT2D eigenvalue weighted by molar-refractivity contribution is 0.202. The number of hydrogen-bond acceptors (Lipinski definition) is 2. The Kier molecular flexibility index (Phi) is 6.77. The zero-order valence-electron chi connectivity index (χ0n) is 17.0. The van der Waals surface area contributed by atoms with Gasteiger partial charge in [0.2, 0.25) is 0 Å². The van der Waals surface area contributed by atoms with Gasteiger partial charge in [-0.25, -0.2) is 0 Å². The third-order valence-electron chi connectivity index (χ3n) is 5.75. The minimum absolute atomic E-state index is 0.588. The Morgan fingerprint density at radius 2 is 1.34 bits per heavy atom. The highest BCUT2D eigenvalue weighted by atomic mass is 15.2. The lowest BCUT2D eigenvalue weighted by Gasteiger charge is -2.39. The first-order valence-electron chi connectivity index (χ1n) is 10.7. The Morgan fingerprint density at radius 1 is 0.759 bits per heavy atom. The number of nitrogens with zero attached hydrogens (tertiary/aromatic N) is 2. The van der Waals surface area contributed by atoms with Gasteiger partial charge in [0.15, 0.2) is 0 Å². The van der Waals surface area contributed by atoms with E-state index in [2.05, 4.69) is 113 Å². The molecule has 0 amide bonds. The summed E-state index contributed by atoms with van der Waals surface area (Å²) < 4.78 is 0. The van der Waals surface area contributed by atoms with Gasteiger partial charge in [0.05, 0.1) is 0 Å². The number of anilines is 1. The van der Waals surface area contributed by atoms with Crippen LogP contribution in [0.25, 0.3) is 6.08 Å². The first-order chi connectivity index (χ1) is 14.4. The highest BCUT2D eigenvalue weighted by molar-refractivity contribution is 5.52. The van der Waals surface area contributed by atoms with Gasteiger partial charge in [0.1, 0.15) is 0 Å². The Morgan fingerprint density at radius 3 is 2.00 bits per heavy atom. The molecule has 0 spiro atoms. The molecule has 0 unspecified atom stereocenters. The van der Waals surface area contributed by atoms with Crippen molar-refractivity contribution in [1.29, 1.82) is 0 Å². The summed E-state index contributed by atoms with van der Waals surface area (Å²) in [6, 6.07) is 32.9. The molecule has 3 aromatic rings. The molecule has 2 heteroatoms. The molecule has 4 rings (SSSR count). The molecule has 1 saturated heterocycles. The highest BCUT2D eigenvalue weighted by Gasteiger charge is 2.24. The Labute approximate surface area is 175 Å². The van der Waals surface area contributed by atoms with Crippen molar-refractivity contribution in [3.8, 4) is 0 Å². The summed E-state index contributed by atoms with van der Waals surface area (Å²) >= 11 is 0. The zero-order chi connectivity index (χ0) is 19.7. The molecule has 1 aliphatic heterocycles. The fourth-order valence-corrected chi connectivity index (χ4v) is 4.18. The number of rotatable bonds is 7. The molecule has 1 fully saturated rings. The summed E-state index contributed by atoms with van der Waals surface area (Å²) in [5.41, 5.74) is 4.00. The van der Waals surface area contributed by atoms with E-state index in [1.165, 1.54) is 29.7 Å². The lowest BCUT2D eigenvalue weighted by atomic mass is 10.0. The van der Waals surface area contributed by atoms with Crippen molar-refractivity contribution in [2.45, 2.75) is 25.4 Å². The van der Waals surface area contributed by atoms with Gasteiger partial charge in [0, 0.05) is 37.9 Å². The normalized spacial score (nSPS) is 15.6. The van der Waals surface area contributed by atoms with Crippen LogP contribution in [0.4, 0.5) is 5.69 Å². The van der Waals surface area contributed by atoms with Crippen molar-refractivity contribution in [2.24, 2.45) is 0 Å². The molecule has 0 radical (unpaired) electrons. The van der Waals surface area contributed by atoms with Crippen LogP contribution >= 0.6 is 0 Å². The molecular formula is C27H30N2. The molecule has 3 aromatic carbocycles. The van der Waals surface area contributed by atoms with Crippen molar-refractivity contribution in [2.75, 3.05) is 24.5 Å². The van der Waals surface area contributed by atoms with E-state index in [4.69, 9.17) is 0 Å². The van der Waals surface area contributed by atoms with E-state index in [0.717, 1.165) is 26.2 Å². The summed E-state index contributed by atoms with van der Waals surface area (Å²) in [5.74, 6) is 0.